The summed E-state index contributed by atoms with van der Waals surface area (Å²) >= 11 is 5.99. The molecule has 138 valence electrons. The predicted molar refractivity (Wildman–Crippen MR) is 131 cm³/mol. The van der Waals surface area contributed by atoms with E-state index in [-0.39, 0.29) is 0 Å². The number of hydrogen-bond donors (Lipinski definition) is 0. The van der Waals surface area contributed by atoms with Crippen molar-refractivity contribution in [3.63, 3.8) is 0 Å². The molecular formula is C27H17B2Cl. The lowest BCUT2D eigenvalue weighted by atomic mass is 9.72. The van der Waals surface area contributed by atoms with Crippen molar-refractivity contribution in [2.24, 2.45) is 0 Å². The Morgan fingerprint density at radius 2 is 1.37 bits per heavy atom. The van der Waals surface area contributed by atoms with Crippen molar-refractivity contribution in [3.8, 4) is 11.8 Å². The zero-order valence-corrected chi connectivity index (χ0v) is 17.4. The third-order valence-corrected chi connectivity index (χ3v) is 5.30. The number of benzene rings is 4. The molecule has 0 atom stereocenters. The van der Waals surface area contributed by atoms with Gasteiger partial charge >= 0.3 is 0 Å². The normalized spacial score (nSPS) is 11.5. The molecule has 4 rings (SSSR count). The van der Waals surface area contributed by atoms with Gasteiger partial charge in [-0.1, -0.05) is 94.5 Å². The molecule has 0 spiro atoms. The van der Waals surface area contributed by atoms with Crippen molar-refractivity contribution in [2.75, 3.05) is 0 Å². The fourth-order valence-corrected chi connectivity index (χ4v) is 3.48. The summed E-state index contributed by atoms with van der Waals surface area (Å²) in [4.78, 5) is 0. The van der Waals surface area contributed by atoms with E-state index >= 15 is 0 Å². The molecule has 0 N–H and O–H groups in total. The Kier molecular flexibility index (Phi) is 5.84. The molecule has 3 heteroatoms. The molecule has 4 aromatic carbocycles. The Labute approximate surface area is 185 Å². The fraction of sp³-hybridized carbons (Fsp3) is 0.0370. The van der Waals surface area contributed by atoms with Gasteiger partial charge in [0.2, 0.25) is 0 Å². The van der Waals surface area contributed by atoms with Gasteiger partial charge in [-0.05, 0) is 59.2 Å². The monoisotopic (exact) mass is 398 g/mol. The first kappa shape index (κ1) is 20.1. The van der Waals surface area contributed by atoms with Crippen LogP contribution < -0.4 is 0 Å². The van der Waals surface area contributed by atoms with E-state index in [9.17, 15) is 0 Å². The summed E-state index contributed by atoms with van der Waals surface area (Å²) in [6.45, 7) is 2.07. The van der Waals surface area contributed by atoms with Crippen LogP contribution in [0.1, 0.15) is 27.8 Å². The molecule has 0 saturated heterocycles. The molecule has 0 aromatic heterocycles. The molecule has 0 fully saturated rings. The van der Waals surface area contributed by atoms with Crippen molar-refractivity contribution in [1.29, 1.82) is 0 Å². The van der Waals surface area contributed by atoms with Crippen LogP contribution in [-0.4, -0.2) is 15.7 Å². The molecule has 4 radical (unpaired) electrons. The van der Waals surface area contributed by atoms with Gasteiger partial charge in [-0.2, -0.15) is 0 Å². The van der Waals surface area contributed by atoms with Crippen LogP contribution in [0.2, 0.25) is 5.02 Å². The summed E-state index contributed by atoms with van der Waals surface area (Å²) in [7, 11) is 12.9. The van der Waals surface area contributed by atoms with Crippen LogP contribution >= 0.6 is 11.6 Å². The largest absolute Gasteiger partial charge is 0.113 e. The van der Waals surface area contributed by atoms with E-state index in [1.807, 2.05) is 54.6 Å². The Balaban J connectivity index is 1.80. The van der Waals surface area contributed by atoms with E-state index in [1.54, 1.807) is 12.1 Å². The Hall–Kier alpha value is -3.14. The Morgan fingerprint density at radius 3 is 2.07 bits per heavy atom. The minimum absolute atomic E-state index is 0.523. The number of aryl methyl sites for hydroxylation is 1. The average Bonchev–Trinajstić information content (AvgIpc) is 2.78. The second-order valence-electron chi connectivity index (χ2n) is 7.16. The molecule has 0 aliphatic rings. The maximum atomic E-state index is 6.49. The quantitative estimate of drug-likeness (QED) is 0.209. The smallest absolute Gasteiger partial charge is 0.0958 e. The molecule has 0 nitrogen and oxygen atoms in total. The zero-order valence-electron chi connectivity index (χ0n) is 16.6. The van der Waals surface area contributed by atoms with E-state index in [0.29, 0.717) is 16.0 Å². The molecule has 30 heavy (non-hydrogen) atoms. The summed E-state index contributed by atoms with van der Waals surface area (Å²) in [5.74, 6) is 6.56. The number of hydrogen-bond acceptors (Lipinski definition) is 0. The van der Waals surface area contributed by atoms with E-state index in [4.69, 9.17) is 27.3 Å². The molecule has 0 unspecified atom stereocenters. The zero-order chi connectivity index (χ0) is 21.1. The van der Waals surface area contributed by atoms with Crippen LogP contribution in [-0.2, 0) is 0 Å². The second kappa shape index (κ2) is 8.70. The number of halogens is 1. The van der Waals surface area contributed by atoms with Crippen LogP contribution in [0.5, 0.6) is 0 Å². The van der Waals surface area contributed by atoms with Crippen molar-refractivity contribution in [1.82, 2.24) is 0 Å². The highest BCUT2D eigenvalue weighted by Crippen LogP contribution is 2.30. The van der Waals surface area contributed by atoms with Gasteiger partial charge < -0.3 is 0 Å². The van der Waals surface area contributed by atoms with Gasteiger partial charge in [0.25, 0.3) is 0 Å². The highest BCUT2D eigenvalue weighted by molar-refractivity contribution is 6.60. The predicted octanol–water partition coefficient (Wildman–Crippen LogP) is 6.36. The lowest BCUT2D eigenvalue weighted by Gasteiger charge is -2.14. The molecule has 0 saturated carbocycles. The van der Waals surface area contributed by atoms with Crippen molar-refractivity contribution in [3.05, 3.63) is 118 Å². The van der Waals surface area contributed by atoms with E-state index in [1.165, 1.54) is 5.56 Å². The first-order valence-electron chi connectivity index (χ1n) is 9.65. The highest BCUT2D eigenvalue weighted by Gasteiger charge is 2.09. The number of fused-ring (bicyclic) bond motifs is 1. The lowest BCUT2D eigenvalue weighted by molar-refractivity contribution is 1.46. The highest BCUT2D eigenvalue weighted by atomic mass is 35.5. The van der Waals surface area contributed by atoms with Gasteiger partial charge in [0, 0.05) is 16.1 Å². The Bertz CT molecular complexity index is 1310. The molecule has 0 amide bonds. The van der Waals surface area contributed by atoms with Crippen molar-refractivity contribution < 1.29 is 0 Å². The van der Waals surface area contributed by atoms with E-state index in [0.717, 1.165) is 33.0 Å². The van der Waals surface area contributed by atoms with Gasteiger partial charge in [0.1, 0.15) is 15.7 Å². The molecule has 0 aliphatic heterocycles. The summed E-state index contributed by atoms with van der Waals surface area (Å²) in [5.41, 5.74) is 5.94. The van der Waals surface area contributed by atoms with Gasteiger partial charge in [-0.25, -0.2) is 0 Å². The first-order chi connectivity index (χ1) is 14.5. The van der Waals surface area contributed by atoms with Gasteiger partial charge in [-0.15, -0.1) is 0 Å². The SMILES string of the molecule is [B]/C(=C(/[B])c1ccc(C#Cc2ccc(C)cc2)c2ccccc12)c1ccc(Cl)cc1. The third-order valence-electron chi connectivity index (χ3n) is 5.05. The van der Waals surface area contributed by atoms with Gasteiger partial charge in [0.05, 0.1) is 0 Å². The summed E-state index contributed by atoms with van der Waals surface area (Å²) in [6.07, 6.45) is 0. The second-order valence-corrected chi connectivity index (χ2v) is 7.59. The summed E-state index contributed by atoms with van der Waals surface area (Å²) in [6, 6.07) is 27.6. The maximum absolute atomic E-state index is 6.49. The van der Waals surface area contributed by atoms with Crippen LogP contribution in [0.3, 0.4) is 0 Å². The van der Waals surface area contributed by atoms with Crippen LogP contribution in [0.15, 0.2) is 84.9 Å². The first-order valence-corrected chi connectivity index (χ1v) is 10.0. The molecular weight excluding hydrogens is 381 g/mol. The number of rotatable bonds is 2. The maximum Gasteiger partial charge on any atom is 0.113 e. The van der Waals surface area contributed by atoms with Crippen LogP contribution in [0.4, 0.5) is 0 Å². The van der Waals surface area contributed by atoms with Gasteiger partial charge in [0.15, 0.2) is 0 Å². The standard InChI is InChI=1S/C27H17B2Cl/c1-18-6-8-19(9-7-18)10-11-20-14-17-25(24-5-3-2-4-23(20)24)27(29)26(28)21-12-15-22(30)16-13-21/h2-9,12-17H,1H3/b27-26+. The topological polar surface area (TPSA) is 0 Å². The van der Waals surface area contributed by atoms with E-state index in [2.05, 4.69) is 37.0 Å². The molecule has 0 aliphatic carbocycles. The molecule has 4 aromatic rings. The summed E-state index contributed by atoms with van der Waals surface area (Å²) < 4.78 is 0. The fourth-order valence-electron chi connectivity index (χ4n) is 3.35. The average molecular weight is 399 g/mol. The summed E-state index contributed by atoms with van der Waals surface area (Å²) in [5, 5.41) is 2.72. The third kappa shape index (κ3) is 4.23. The lowest BCUT2D eigenvalue weighted by Crippen LogP contribution is -1.95. The molecule has 0 bridgehead atoms. The van der Waals surface area contributed by atoms with Crippen LogP contribution in [0.25, 0.3) is 21.7 Å². The van der Waals surface area contributed by atoms with Crippen molar-refractivity contribution >= 4 is 49.0 Å². The minimum Gasteiger partial charge on any atom is -0.0958 e. The van der Waals surface area contributed by atoms with Gasteiger partial charge in [-0.3, -0.25) is 0 Å². The van der Waals surface area contributed by atoms with Crippen LogP contribution in [0, 0.1) is 18.8 Å². The van der Waals surface area contributed by atoms with E-state index < -0.39 is 0 Å². The minimum atomic E-state index is 0.523. The Morgan fingerprint density at radius 1 is 0.700 bits per heavy atom. The van der Waals surface area contributed by atoms with Crippen molar-refractivity contribution in [2.45, 2.75) is 6.92 Å². The molecule has 0 heterocycles.